The molecule has 0 saturated carbocycles. The van der Waals surface area contributed by atoms with Gasteiger partial charge in [-0.25, -0.2) is 0 Å². The van der Waals surface area contributed by atoms with Crippen molar-refractivity contribution >= 4 is 29.0 Å². The molecular weight excluding hydrogens is 338 g/mol. The lowest BCUT2D eigenvalue weighted by Crippen LogP contribution is -2.50. The van der Waals surface area contributed by atoms with Gasteiger partial charge in [0.1, 0.15) is 17.2 Å². The Morgan fingerprint density at radius 3 is 2.50 bits per heavy atom. The molecule has 1 atom stereocenters. The highest BCUT2D eigenvalue weighted by molar-refractivity contribution is 6.34. The van der Waals surface area contributed by atoms with Crippen molar-refractivity contribution in [1.82, 2.24) is 0 Å². The molecule has 2 aromatic rings. The van der Waals surface area contributed by atoms with Gasteiger partial charge in [0.2, 0.25) is 11.4 Å². The van der Waals surface area contributed by atoms with E-state index < -0.39 is 23.0 Å². The largest absolute Gasteiger partial charge is 0.508 e. The normalized spacial score (nSPS) is 19.6. The molecular formula is C16H12ClNO6. The summed E-state index contributed by atoms with van der Waals surface area (Å²) in [5, 5.41) is 32.5. The van der Waals surface area contributed by atoms with Gasteiger partial charge >= 0.3 is 0 Å². The van der Waals surface area contributed by atoms with Crippen molar-refractivity contribution in [3.63, 3.8) is 0 Å². The molecule has 8 heteroatoms. The number of aliphatic hydroxyl groups is 1. The molecule has 0 fully saturated rings. The maximum Gasteiger partial charge on any atom is 0.269 e. The van der Waals surface area contributed by atoms with Crippen LogP contribution in [-0.2, 0) is 10.4 Å². The highest BCUT2D eigenvalue weighted by Gasteiger charge is 2.51. The summed E-state index contributed by atoms with van der Waals surface area (Å²) in [4.78, 5) is 25.1. The highest BCUT2D eigenvalue weighted by atomic mass is 35.5. The molecule has 7 nitrogen and oxygen atoms in total. The monoisotopic (exact) mass is 349 g/mol. The second-order valence-corrected chi connectivity index (χ2v) is 5.63. The summed E-state index contributed by atoms with van der Waals surface area (Å²) in [6.45, 7) is 0. The number of carbonyl (C=O) groups is 2. The molecule has 24 heavy (non-hydrogen) atoms. The zero-order valence-corrected chi connectivity index (χ0v) is 13.1. The quantitative estimate of drug-likeness (QED) is 0.614. The molecule has 0 aliphatic carbocycles. The maximum atomic E-state index is 12.8. The van der Waals surface area contributed by atoms with Crippen molar-refractivity contribution in [2.75, 3.05) is 12.4 Å². The lowest BCUT2D eigenvalue weighted by molar-refractivity contribution is -0.130. The summed E-state index contributed by atoms with van der Waals surface area (Å²) in [5.74, 6) is -2.61. The predicted octanol–water partition coefficient (Wildman–Crippen LogP) is 1.78. The van der Waals surface area contributed by atoms with Crippen LogP contribution in [0.5, 0.6) is 17.2 Å². The number of Topliss-reactive ketones (excluding diaryl/α,β-unsaturated/α-hetero) is 1. The van der Waals surface area contributed by atoms with Crippen LogP contribution in [0.25, 0.3) is 0 Å². The third-order valence-corrected chi connectivity index (χ3v) is 4.11. The van der Waals surface area contributed by atoms with Gasteiger partial charge in [-0.2, -0.15) is 0 Å². The highest BCUT2D eigenvalue weighted by Crippen LogP contribution is 2.42. The summed E-state index contributed by atoms with van der Waals surface area (Å²) in [5.41, 5.74) is -2.90. The minimum atomic E-state index is -2.65. The summed E-state index contributed by atoms with van der Waals surface area (Å²) in [6.07, 6.45) is 0. The number of phenols is 2. The Balaban J connectivity index is 2.20. The average molecular weight is 350 g/mol. The Kier molecular flexibility index (Phi) is 3.62. The van der Waals surface area contributed by atoms with Gasteiger partial charge in [-0.15, -0.1) is 0 Å². The standard InChI is InChI=1S/C16H12ClNO6/c1-24-13-6-11-8(5-10(13)17)14(21)16(23,15(22)18-11)9-3-2-7(19)4-12(9)20/h2-6,19-20,23H,1H3,(H,18,22). The Morgan fingerprint density at radius 1 is 1.17 bits per heavy atom. The number of halogens is 1. The second-order valence-electron chi connectivity index (χ2n) is 5.23. The number of rotatable bonds is 2. The molecule has 0 saturated heterocycles. The summed E-state index contributed by atoms with van der Waals surface area (Å²) in [6, 6.07) is 5.79. The first kappa shape index (κ1) is 16.1. The molecule has 124 valence electrons. The van der Waals surface area contributed by atoms with Crippen molar-refractivity contribution in [3.05, 3.63) is 46.5 Å². The minimum absolute atomic E-state index is 0.0321. The lowest BCUT2D eigenvalue weighted by Gasteiger charge is -2.32. The number of benzene rings is 2. The number of methoxy groups -OCH3 is 1. The van der Waals surface area contributed by atoms with Crippen molar-refractivity contribution in [1.29, 1.82) is 0 Å². The van der Waals surface area contributed by atoms with E-state index in [2.05, 4.69) is 5.32 Å². The molecule has 1 amide bonds. The second kappa shape index (κ2) is 5.40. The van der Waals surface area contributed by atoms with Crippen LogP contribution in [0, 0.1) is 0 Å². The topological polar surface area (TPSA) is 116 Å². The van der Waals surface area contributed by atoms with Crippen LogP contribution >= 0.6 is 11.6 Å². The SMILES string of the molecule is COc1cc2c(cc1Cl)C(=O)C(O)(c1ccc(O)cc1O)C(=O)N2. The van der Waals surface area contributed by atoms with Gasteiger partial charge in [-0.3, -0.25) is 9.59 Å². The first-order valence-electron chi connectivity index (χ1n) is 6.77. The van der Waals surface area contributed by atoms with Crippen LogP contribution in [0.15, 0.2) is 30.3 Å². The number of nitrogens with one attached hydrogen (secondary N) is 1. The third kappa shape index (κ3) is 2.17. The molecule has 4 N–H and O–H groups in total. The van der Waals surface area contributed by atoms with Crippen molar-refractivity contribution in [2.45, 2.75) is 5.60 Å². The molecule has 1 unspecified atom stereocenters. The molecule has 0 bridgehead atoms. The maximum absolute atomic E-state index is 12.8. The Morgan fingerprint density at radius 2 is 1.88 bits per heavy atom. The zero-order valence-electron chi connectivity index (χ0n) is 12.3. The summed E-state index contributed by atoms with van der Waals surface area (Å²) in [7, 11) is 1.38. The lowest BCUT2D eigenvalue weighted by atomic mass is 9.81. The predicted molar refractivity (Wildman–Crippen MR) is 84.6 cm³/mol. The molecule has 0 aromatic heterocycles. The fourth-order valence-electron chi connectivity index (χ4n) is 2.58. The zero-order chi connectivity index (χ0) is 17.6. The number of anilines is 1. The Bertz CT molecular complexity index is 881. The van der Waals surface area contributed by atoms with Crippen molar-refractivity contribution in [2.24, 2.45) is 0 Å². The molecule has 0 radical (unpaired) electrons. The van der Waals surface area contributed by atoms with Crippen LogP contribution < -0.4 is 10.1 Å². The van der Waals surface area contributed by atoms with E-state index in [1.165, 1.54) is 19.2 Å². The molecule has 1 heterocycles. The van der Waals surface area contributed by atoms with Crippen molar-refractivity contribution < 1.29 is 29.6 Å². The van der Waals surface area contributed by atoms with Gasteiger partial charge in [-0.05, 0) is 18.2 Å². The van der Waals surface area contributed by atoms with Gasteiger partial charge in [0.25, 0.3) is 5.91 Å². The third-order valence-electron chi connectivity index (χ3n) is 3.81. The van der Waals surface area contributed by atoms with Crippen LogP contribution in [0.4, 0.5) is 5.69 Å². The number of amides is 1. The van der Waals surface area contributed by atoms with E-state index in [9.17, 15) is 24.9 Å². The van der Waals surface area contributed by atoms with E-state index in [1.54, 1.807) is 0 Å². The van der Waals surface area contributed by atoms with Gasteiger partial charge in [0.05, 0.1) is 17.8 Å². The first-order chi connectivity index (χ1) is 11.3. The number of hydrogen-bond donors (Lipinski definition) is 4. The average Bonchev–Trinajstić information content (AvgIpc) is 2.53. The molecule has 1 aliphatic heterocycles. The summed E-state index contributed by atoms with van der Waals surface area (Å²) >= 11 is 6.00. The minimum Gasteiger partial charge on any atom is -0.508 e. The smallest absolute Gasteiger partial charge is 0.269 e. The number of fused-ring (bicyclic) bond motifs is 1. The van der Waals surface area contributed by atoms with Crippen LogP contribution in [0.1, 0.15) is 15.9 Å². The van der Waals surface area contributed by atoms with E-state index in [1.807, 2.05) is 0 Å². The van der Waals surface area contributed by atoms with Crippen LogP contribution in [0.3, 0.4) is 0 Å². The van der Waals surface area contributed by atoms with Gasteiger partial charge in [-0.1, -0.05) is 11.6 Å². The van der Waals surface area contributed by atoms with Crippen LogP contribution in [0.2, 0.25) is 5.02 Å². The van der Waals surface area contributed by atoms with Gasteiger partial charge in [0.15, 0.2) is 0 Å². The number of ketones is 1. The van der Waals surface area contributed by atoms with E-state index >= 15 is 0 Å². The van der Waals surface area contributed by atoms with E-state index in [4.69, 9.17) is 16.3 Å². The van der Waals surface area contributed by atoms with E-state index in [0.717, 1.165) is 18.2 Å². The number of hydrogen-bond acceptors (Lipinski definition) is 6. The van der Waals surface area contributed by atoms with Crippen molar-refractivity contribution in [3.8, 4) is 17.2 Å². The molecule has 3 rings (SSSR count). The fraction of sp³-hybridized carbons (Fsp3) is 0.125. The molecule has 0 spiro atoms. The van der Waals surface area contributed by atoms with Crippen LogP contribution in [-0.4, -0.2) is 34.1 Å². The first-order valence-corrected chi connectivity index (χ1v) is 7.15. The Hall–Kier alpha value is -2.77. The number of ether oxygens (including phenoxy) is 1. The molecule has 2 aromatic carbocycles. The van der Waals surface area contributed by atoms with Gasteiger partial charge < -0.3 is 25.4 Å². The summed E-state index contributed by atoms with van der Waals surface area (Å²) < 4.78 is 5.03. The molecule has 1 aliphatic rings. The van der Waals surface area contributed by atoms with Gasteiger partial charge in [0, 0.05) is 23.3 Å². The Labute approximate surface area is 141 Å². The number of carbonyl (C=O) groups excluding carboxylic acids is 2. The number of aromatic hydroxyl groups is 2. The fourth-order valence-corrected chi connectivity index (χ4v) is 2.82. The number of phenolic OH excluding ortho intramolecular Hbond substituents is 2. The van der Waals surface area contributed by atoms with E-state index in [0.29, 0.717) is 0 Å². The van der Waals surface area contributed by atoms with E-state index in [-0.39, 0.29) is 33.3 Å².